The van der Waals surface area contributed by atoms with E-state index in [4.69, 9.17) is 5.11 Å². The van der Waals surface area contributed by atoms with Crippen molar-refractivity contribution in [2.75, 3.05) is 0 Å². The van der Waals surface area contributed by atoms with Crippen LogP contribution < -0.4 is 0 Å². The summed E-state index contributed by atoms with van der Waals surface area (Å²) >= 11 is 1.11. The zero-order valence-electron chi connectivity index (χ0n) is 7.04. The molecule has 0 bridgehead atoms. The molecule has 0 amide bonds. The molecule has 0 fully saturated rings. The fraction of sp³-hybridized carbons (Fsp3) is 0. The molecule has 14 heavy (non-hydrogen) atoms. The second-order valence-electron chi connectivity index (χ2n) is 2.58. The summed E-state index contributed by atoms with van der Waals surface area (Å²) in [6.07, 6.45) is 3.31. The summed E-state index contributed by atoms with van der Waals surface area (Å²) in [7, 11) is 0. The summed E-state index contributed by atoms with van der Waals surface area (Å²) in [4.78, 5) is 18.5. The van der Waals surface area contributed by atoms with Crippen molar-refractivity contribution in [3.05, 3.63) is 34.9 Å². The largest absolute Gasteiger partial charge is 0.476 e. The number of carboxylic acid groups (broad SMARTS) is 1. The Balaban J connectivity index is 2.39. The van der Waals surface area contributed by atoms with E-state index in [1.807, 2.05) is 6.07 Å². The number of hydrogen-bond donors (Lipinski definition) is 1. The molecule has 0 atom stereocenters. The first-order valence-corrected chi connectivity index (χ1v) is 4.74. The second kappa shape index (κ2) is 3.55. The van der Waals surface area contributed by atoms with Gasteiger partial charge in [0, 0.05) is 23.3 Å². The summed E-state index contributed by atoms with van der Waals surface area (Å²) in [5.74, 6) is -0.995. The minimum Gasteiger partial charge on any atom is -0.476 e. The minimum atomic E-state index is -0.995. The van der Waals surface area contributed by atoms with Crippen LogP contribution in [0.3, 0.4) is 0 Å². The normalized spacial score (nSPS) is 10.0. The lowest BCUT2D eigenvalue weighted by Gasteiger charge is -1.92. The van der Waals surface area contributed by atoms with Crippen molar-refractivity contribution in [1.82, 2.24) is 9.97 Å². The monoisotopic (exact) mass is 206 g/mol. The number of rotatable bonds is 2. The maximum Gasteiger partial charge on any atom is 0.365 e. The molecule has 70 valence electrons. The molecule has 2 aromatic heterocycles. The highest BCUT2D eigenvalue weighted by Crippen LogP contribution is 2.20. The molecule has 0 aliphatic heterocycles. The quantitative estimate of drug-likeness (QED) is 0.815. The lowest BCUT2D eigenvalue weighted by Crippen LogP contribution is -1.94. The maximum absolute atomic E-state index is 10.6. The van der Waals surface area contributed by atoms with Gasteiger partial charge in [-0.15, -0.1) is 11.3 Å². The van der Waals surface area contributed by atoms with Gasteiger partial charge in [0.1, 0.15) is 0 Å². The van der Waals surface area contributed by atoms with Crippen LogP contribution in [-0.4, -0.2) is 21.0 Å². The molecule has 2 rings (SSSR count). The first kappa shape index (κ1) is 8.83. The number of pyridine rings is 1. The SMILES string of the molecule is O=C(O)c1nc(-c2cccnc2)cs1. The van der Waals surface area contributed by atoms with Gasteiger partial charge >= 0.3 is 5.97 Å². The van der Waals surface area contributed by atoms with Crippen molar-refractivity contribution in [3.63, 3.8) is 0 Å². The Labute approximate surface area is 83.9 Å². The number of aromatic carboxylic acids is 1. The third-order valence-corrected chi connectivity index (χ3v) is 2.47. The van der Waals surface area contributed by atoms with Crippen LogP contribution >= 0.6 is 11.3 Å². The predicted molar refractivity (Wildman–Crippen MR) is 52.3 cm³/mol. The number of carboxylic acids is 1. The highest BCUT2D eigenvalue weighted by atomic mass is 32.1. The summed E-state index contributed by atoms with van der Waals surface area (Å²) < 4.78 is 0. The first-order chi connectivity index (χ1) is 6.77. The number of hydrogen-bond acceptors (Lipinski definition) is 4. The molecule has 0 unspecified atom stereocenters. The van der Waals surface area contributed by atoms with E-state index >= 15 is 0 Å². The zero-order valence-corrected chi connectivity index (χ0v) is 7.86. The van der Waals surface area contributed by atoms with E-state index in [1.165, 1.54) is 0 Å². The van der Waals surface area contributed by atoms with Gasteiger partial charge in [-0.3, -0.25) is 4.98 Å². The first-order valence-electron chi connectivity index (χ1n) is 3.86. The molecular weight excluding hydrogens is 200 g/mol. The smallest absolute Gasteiger partial charge is 0.365 e. The van der Waals surface area contributed by atoms with Crippen LogP contribution in [0, 0.1) is 0 Å². The van der Waals surface area contributed by atoms with Gasteiger partial charge in [0.05, 0.1) is 5.69 Å². The summed E-state index contributed by atoms with van der Waals surface area (Å²) in [5, 5.41) is 10.5. The molecule has 0 aromatic carbocycles. The lowest BCUT2D eigenvalue weighted by atomic mass is 10.2. The average molecular weight is 206 g/mol. The lowest BCUT2D eigenvalue weighted by molar-refractivity contribution is 0.0696. The summed E-state index contributed by atoms with van der Waals surface area (Å²) in [6.45, 7) is 0. The van der Waals surface area contributed by atoms with Gasteiger partial charge in [0.15, 0.2) is 0 Å². The number of thiazole rings is 1. The van der Waals surface area contributed by atoms with Crippen molar-refractivity contribution in [2.24, 2.45) is 0 Å². The molecule has 5 heteroatoms. The maximum atomic E-state index is 10.6. The van der Waals surface area contributed by atoms with E-state index in [0.29, 0.717) is 5.69 Å². The number of aromatic nitrogens is 2. The Hall–Kier alpha value is -1.75. The predicted octanol–water partition coefficient (Wildman–Crippen LogP) is 1.90. The van der Waals surface area contributed by atoms with Crippen molar-refractivity contribution in [3.8, 4) is 11.3 Å². The van der Waals surface area contributed by atoms with E-state index in [9.17, 15) is 4.79 Å². The van der Waals surface area contributed by atoms with Gasteiger partial charge in [0.2, 0.25) is 5.01 Å². The van der Waals surface area contributed by atoms with E-state index in [0.717, 1.165) is 16.9 Å². The fourth-order valence-corrected chi connectivity index (χ4v) is 1.68. The Morgan fingerprint density at radius 1 is 1.50 bits per heavy atom. The molecule has 2 heterocycles. The van der Waals surface area contributed by atoms with Crippen molar-refractivity contribution in [2.45, 2.75) is 0 Å². The number of nitrogens with zero attached hydrogens (tertiary/aromatic N) is 2. The Morgan fingerprint density at radius 3 is 2.93 bits per heavy atom. The highest BCUT2D eigenvalue weighted by Gasteiger charge is 2.09. The fourth-order valence-electron chi connectivity index (χ4n) is 1.02. The topological polar surface area (TPSA) is 63.1 Å². The van der Waals surface area contributed by atoms with Crippen LogP contribution in [0.2, 0.25) is 0 Å². The molecule has 2 aromatic rings. The highest BCUT2D eigenvalue weighted by molar-refractivity contribution is 7.11. The van der Waals surface area contributed by atoms with Gasteiger partial charge in [0.25, 0.3) is 0 Å². The summed E-state index contributed by atoms with van der Waals surface area (Å²) in [5.41, 5.74) is 1.48. The van der Waals surface area contributed by atoms with Crippen molar-refractivity contribution in [1.29, 1.82) is 0 Å². The number of carbonyl (C=O) groups is 1. The average Bonchev–Trinajstić information content (AvgIpc) is 2.68. The standard InChI is InChI=1S/C9H6N2O2S/c12-9(13)8-11-7(5-14-8)6-2-1-3-10-4-6/h1-5H,(H,12,13). The zero-order chi connectivity index (χ0) is 9.97. The molecular formula is C9H6N2O2S. The Kier molecular flexibility index (Phi) is 2.24. The third-order valence-electron chi connectivity index (χ3n) is 1.64. The van der Waals surface area contributed by atoms with Crippen LogP contribution in [0.5, 0.6) is 0 Å². The molecule has 0 saturated carbocycles. The van der Waals surface area contributed by atoms with Gasteiger partial charge in [-0.2, -0.15) is 0 Å². The van der Waals surface area contributed by atoms with Crippen LogP contribution in [-0.2, 0) is 0 Å². The molecule has 0 radical (unpaired) electrons. The van der Waals surface area contributed by atoms with Gasteiger partial charge in [-0.1, -0.05) is 0 Å². The molecule has 1 N–H and O–H groups in total. The van der Waals surface area contributed by atoms with E-state index < -0.39 is 5.97 Å². The van der Waals surface area contributed by atoms with Crippen LogP contribution in [0.15, 0.2) is 29.9 Å². The van der Waals surface area contributed by atoms with Crippen LogP contribution in [0.1, 0.15) is 9.80 Å². The van der Waals surface area contributed by atoms with Gasteiger partial charge in [-0.25, -0.2) is 9.78 Å². The van der Waals surface area contributed by atoms with Crippen molar-refractivity contribution >= 4 is 17.3 Å². The van der Waals surface area contributed by atoms with Gasteiger partial charge in [-0.05, 0) is 12.1 Å². The van der Waals surface area contributed by atoms with Crippen LogP contribution in [0.4, 0.5) is 0 Å². The summed E-state index contributed by atoms with van der Waals surface area (Å²) in [6, 6.07) is 3.63. The Bertz CT molecular complexity index is 453. The van der Waals surface area contributed by atoms with E-state index in [1.54, 1.807) is 23.8 Å². The van der Waals surface area contributed by atoms with Crippen LogP contribution in [0.25, 0.3) is 11.3 Å². The van der Waals surface area contributed by atoms with Gasteiger partial charge < -0.3 is 5.11 Å². The molecule has 0 spiro atoms. The molecule has 0 aliphatic rings. The second-order valence-corrected chi connectivity index (χ2v) is 3.44. The molecule has 0 saturated heterocycles. The minimum absolute atomic E-state index is 0.101. The van der Waals surface area contributed by atoms with Crippen molar-refractivity contribution < 1.29 is 9.90 Å². The van der Waals surface area contributed by atoms with E-state index in [-0.39, 0.29) is 5.01 Å². The van der Waals surface area contributed by atoms with E-state index in [2.05, 4.69) is 9.97 Å². The third kappa shape index (κ3) is 1.62. The molecule has 0 aliphatic carbocycles. The molecule has 4 nitrogen and oxygen atoms in total. The Morgan fingerprint density at radius 2 is 2.36 bits per heavy atom.